The zero-order valence-corrected chi connectivity index (χ0v) is 13.8. The molecular weight excluding hydrogens is 326 g/mol. The number of fused-ring (bicyclic) bond motifs is 2. The number of hydrogen-bond donors (Lipinski definition) is 2. The number of anilines is 1. The molecule has 0 saturated heterocycles. The Morgan fingerprint density at radius 1 is 1.16 bits per heavy atom. The van der Waals surface area contributed by atoms with Crippen LogP contribution in [0.15, 0.2) is 18.5 Å². The highest BCUT2D eigenvalue weighted by atomic mass is 19.3. The van der Waals surface area contributed by atoms with Crippen LogP contribution >= 0.6 is 0 Å². The lowest BCUT2D eigenvalue weighted by Gasteiger charge is -2.16. The lowest BCUT2D eigenvalue weighted by atomic mass is 9.99. The number of carbonyl (C=O) groups is 1. The molecule has 0 aliphatic heterocycles. The third-order valence-electron chi connectivity index (χ3n) is 5.08. The van der Waals surface area contributed by atoms with E-state index >= 15 is 0 Å². The lowest BCUT2D eigenvalue weighted by Crippen LogP contribution is -2.30. The van der Waals surface area contributed by atoms with Crippen LogP contribution in [0.1, 0.15) is 47.5 Å². The van der Waals surface area contributed by atoms with Gasteiger partial charge in [0.15, 0.2) is 0 Å². The first kappa shape index (κ1) is 16.1. The molecular formula is C18H20F2N4O. The average molecular weight is 346 g/mol. The summed E-state index contributed by atoms with van der Waals surface area (Å²) in [5.41, 5.74) is 6.10. The van der Waals surface area contributed by atoms with Crippen LogP contribution in [0.3, 0.4) is 0 Å². The molecule has 0 saturated carbocycles. The number of nitrogens with one attached hydrogen (secondary N) is 2. The minimum atomic E-state index is -2.66. The maximum Gasteiger partial charge on any atom is 0.319 e. The third-order valence-corrected chi connectivity index (χ3v) is 5.08. The molecule has 0 spiro atoms. The predicted octanol–water partition coefficient (Wildman–Crippen LogP) is 3.58. The van der Waals surface area contributed by atoms with Crippen LogP contribution in [0, 0.1) is 0 Å². The van der Waals surface area contributed by atoms with E-state index in [4.69, 9.17) is 0 Å². The lowest BCUT2D eigenvalue weighted by molar-refractivity contribution is 0.0667. The summed E-state index contributed by atoms with van der Waals surface area (Å²) in [7, 11) is 0. The second kappa shape index (κ2) is 6.46. The van der Waals surface area contributed by atoms with Crippen molar-refractivity contribution in [2.45, 2.75) is 51.6 Å². The van der Waals surface area contributed by atoms with Crippen LogP contribution in [0.4, 0.5) is 19.3 Å². The van der Waals surface area contributed by atoms with Gasteiger partial charge in [-0.2, -0.15) is 8.78 Å². The average Bonchev–Trinajstić information content (AvgIpc) is 3.32. The highest BCUT2D eigenvalue weighted by molar-refractivity contribution is 5.92. The zero-order valence-electron chi connectivity index (χ0n) is 13.8. The first-order valence-corrected chi connectivity index (χ1v) is 8.64. The molecule has 5 nitrogen and oxygen atoms in total. The van der Waals surface area contributed by atoms with Crippen LogP contribution in [0.5, 0.6) is 0 Å². The Balaban J connectivity index is 1.49. The maximum atomic E-state index is 12.8. The summed E-state index contributed by atoms with van der Waals surface area (Å²) in [5, 5.41) is 5.62. The van der Waals surface area contributed by atoms with E-state index in [-0.39, 0.29) is 18.4 Å². The standard InChI is InChI=1S/C18H20F2N4O/c19-17(20)24-8-7-21-15(24)10-22-18(25)23-16-13-5-1-3-11(13)9-12-4-2-6-14(12)16/h7-9,17H,1-6,10H2,(H2,22,23,25). The second-order valence-electron chi connectivity index (χ2n) is 6.57. The fourth-order valence-corrected chi connectivity index (χ4v) is 3.94. The molecule has 2 aliphatic rings. The molecule has 0 atom stereocenters. The smallest absolute Gasteiger partial charge is 0.319 e. The molecule has 0 unspecified atom stereocenters. The Hall–Kier alpha value is -2.44. The van der Waals surface area contributed by atoms with E-state index in [1.54, 1.807) is 0 Å². The summed E-state index contributed by atoms with van der Waals surface area (Å²) < 4.78 is 26.4. The van der Waals surface area contributed by atoms with Crippen LogP contribution in [0.25, 0.3) is 0 Å². The van der Waals surface area contributed by atoms with Crippen molar-refractivity contribution in [2.75, 3.05) is 5.32 Å². The van der Waals surface area contributed by atoms with Gasteiger partial charge >= 0.3 is 12.6 Å². The highest BCUT2D eigenvalue weighted by Gasteiger charge is 2.25. The Labute approximate surface area is 144 Å². The molecule has 1 heterocycles. The van der Waals surface area contributed by atoms with Gasteiger partial charge in [0, 0.05) is 18.1 Å². The molecule has 1 aromatic heterocycles. The van der Waals surface area contributed by atoms with E-state index in [9.17, 15) is 13.6 Å². The quantitative estimate of drug-likeness (QED) is 0.889. The summed E-state index contributed by atoms with van der Waals surface area (Å²) in [6, 6.07) is 1.92. The van der Waals surface area contributed by atoms with E-state index in [1.807, 2.05) is 0 Å². The van der Waals surface area contributed by atoms with Crippen molar-refractivity contribution < 1.29 is 13.6 Å². The van der Waals surface area contributed by atoms with Gasteiger partial charge in [-0.15, -0.1) is 0 Å². The van der Waals surface area contributed by atoms with Crippen molar-refractivity contribution in [3.05, 3.63) is 46.5 Å². The van der Waals surface area contributed by atoms with Gasteiger partial charge in [-0.25, -0.2) is 9.78 Å². The molecule has 1 aromatic carbocycles. The van der Waals surface area contributed by atoms with E-state index in [2.05, 4.69) is 21.7 Å². The van der Waals surface area contributed by atoms with Gasteiger partial charge in [0.05, 0.1) is 6.54 Å². The van der Waals surface area contributed by atoms with Crippen LogP contribution in [0.2, 0.25) is 0 Å². The second-order valence-corrected chi connectivity index (χ2v) is 6.57. The largest absolute Gasteiger partial charge is 0.331 e. The molecule has 25 heavy (non-hydrogen) atoms. The minimum absolute atomic E-state index is 0.0413. The highest BCUT2D eigenvalue weighted by Crippen LogP contribution is 2.38. The molecule has 2 amide bonds. The molecule has 0 radical (unpaired) electrons. The Kier molecular flexibility index (Phi) is 4.15. The van der Waals surface area contributed by atoms with E-state index in [0.29, 0.717) is 0 Å². The number of urea groups is 1. The fourth-order valence-electron chi connectivity index (χ4n) is 3.94. The van der Waals surface area contributed by atoms with Gasteiger partial charge in [-0.1, -0.05) is 6.07 Å². The van der Waals surface area contributed by atoms with Gasteiger partial charge in [-0.05, 0) is 60.8 Å². The third kappa shape index (κ3) is 2.99. The number of carbonyl (C=O) groups excluding carboxylic acids is 1. The summed E-state index contributed by atoms with van der Waals surface area (Å²) >= 11 is 0. The number of hydrogen-bond acceptors (Lipinski definition) is 2. The number of nitrogens with zero attached hydrogens (tertiary/aromatic N) is 2. The summed E-state index contributed by atoms with van der Waals surface area (Å²) in [4.78, 5) is 16.2. The molecule has 0 bridgehead atoms. The molecule has 2 aromatic rings. The van der Waals surface area contributed by atoms with E-state index < -0.39 is 6.55 Å². The monoisotopic (exact) mass is 346 g/mol. The number of rotatable bonds is 4. The van der Waals surface area contributed by atoms with Crippen LogP contribution in [-0.2, 0) is 32.2 Å². The van der Waals surface area contributed by atoms with E-state index in [0.717, 1.165) is 48.8 Å². The number of alkyl halides is 2. The number of imidazole rings is 1. The first-order chi connectivity index (χ1) is 12.1. The van der Waals surface area contributed by atoms with Crippen molar-refractivity contribution in [1.82, 2.24) is 14.9 Å². The summed E-state index contributed by atoms with van der Waals surface area (Å²) in [6.45, 7) is -2.71. The minimum Gasteiger partial charge on any atom is -0.331 e. The number of aromatic nitrogens is 2. The van der Waals surface area contributed by atoms with Crippen LogP contribution < -0.4 is 10.6 Å². The topological polar surface area (TPSA) is 59.0 Å². The normalized spacial score (nSPS) is 15.3. The van der Waals surface area contributed by atoms with Gasteiger partial charge < -0.3 is 10.6 Å². The molecule has 0 fully saturated rings. The number of benzene rings is 1. The molecule has 4 rings (SSSR count). The van der Waals surface area contributed by atoms with Gasteiger partial charge in [-0.3, -0.25) is 4.57 Å². The predicted molar refractivity (Wildman–Crippen MR) is 89.8 cm³/mol. The van der Waals surface area contributed by atoms with Gasteiger partial charge in [0.25, 0.3) is 0 Å². The summed E-state index contributed by atoms with van der Waals surface area (Å²) in [6.07, 6.45) is 8.81. The van der Waals surface area contributed by atoms with E-state index in [1.165, 1.54) is 34.6 Å². The van der Waals surface area contributed by atoms with Crippen molar-refractivity contribution in [1.29, 1.82) is 0 Å². The van der Waals surface area contributed by atoms with Crippen molar-refractivity contribution in [3.63, 3.8) is 0 Å². The molecule has 2 N–H and O–H groups in total. The Morgan fingerprint density at radius 3 is 2.48 bits per heavy atom. The van der Waals surface area contributed by atoms with Crippen molar-refractivity contribution >= 4 is 11.7 Å². The Morgan fingerprint density at radius 2 is 1.84 bits per heavy atom. The van der Waals surface area contributed by atoms with Crippen molar-refractivity contribution in [2.24, 2.45) is 0 Å². The molecule has 132 valence electrons. The first-order valence-electron chi connectivity index (χ1n) is 8.64. The number of aryl methyl sites for hydroxylation is 2. The Bertz CT molecular complexity index is 783. The van der Waals surface area contributed by atoms with Gasteiger partial charge in [0.2, 0.25) is 0 Å². The number of halogens is 2. The SMILES string of the molecule is O=C(NCc1nccn1C(F)F)Nc1c2c(cc3c1CCC3)CCC2. The van der Waals surface area contributed by atoms with Crippen LogP contribution in [-0.4, -0.2) is 15.6 Å². The zero-order chi connectivity index (χ0) is 17.4. The fraction of sp³-hybridized carbons (Fsp3) is 0.444. The van der Waals surface area contributed by atoms with Crippen molar-refractivity contribution in [3.8, 4) is 0 Å². The summed E-state index contributed by atoms with van der Waals surface area (Å²) in [5.74, 6) is 0.133. The number of amides is 2. The molecule has 7 heteroatoms. The van der Waals surface area contributed by atoms with Gasteiger partial charge in [0.1, 0.15) is 5.82 Å². The maximum absolute atomic E-state index is 12.8. The molecule has 2 aliphatic carbocycles.